The molecule has 42 heavy (non-hydrogen) atoms. The molecule has 1 aliphatic carbocycles. The summed E-state index contributed by atoms with van der Waals surface area (Å²) < 4.78 is 6.74. The second kappa shape index (κ2) is 14.8. The minimum absolute atomic E-state index is 0. The fourth-order valence-electron chi connectivity index (χ4n) is 6.27. The van der Waals surface area contributed by atoms with E-state index in [0.29, 0.717) is 19.5 Å². The molecule has 1 unspecified atom stereocenters. The smallest absolute Gasteiger partial charge is 0.307 e. The van der Waals surface area contributed by atoms with Crippen molar-refractivity contribution in [1.82, 2.24) is 5.32 Å². The van der Waals surface area contributed by atoms with Crippen molar-refractivity contribution < 1.29 is 14.3 Å². The quantitative estimate of drug-likeness (QED) is 0.100. The number of amides is 1. The van der Waals surface area contributed by atoms with Crippen LogP contribution in [0.25, 0.3) is 5.73 Å². The fraction of sp³-hybridized carbons (Fsp3) is 0.429. The second-order valence-corrected chi connectivity index (χ2v) is 11.4. The summed E-state index contributed by atoms with van der Waals surface area (Å²) >= 11 is 0. The first-order valence-corrected chi connectivity index (χ1v) is 15.0. The van der Waals surface area contributed by atoms with Crippen LogP contribution in [-0.4, -0.2) is 32.0 Å². The van der Waals surface area contributed by atoms with Crippen molar-refractivity contribution in [3.8, 4) is 0 Å². The van der Waals surface area contributed by atoms with Gasteiger partial charge in [0.05, 0.1) is 6.42 Å². The van der Waals surface area contributed by atoms with E-state index in [1.807, 2.05) is 79.8 Å². The SMILES string of the molecule is CNc1ccc(C(OC(=O)CC2(CC(=O)NCCCCC[NH-])CCCC2)(c2ccccc2)c2ccccc2C)cc1.[Fm]. The van der Waals surface area contributed by atoms with E-state index in [9.17, 15) is 9.59 Å². The van der Waals surface area contributed by atoms with E-state index in [0.717, 1.165) is 72.9 Å². The molecule has 1 saturated carbocycles. The van der Waals surface area contributed by atoms with E-state index in [2.05, 4.69) is 23.6 Å². The number of ether oxygens (including phenoxy) is 1. The van der Waals surface area contributed by atoms with Crippen molar-refractivity contribution in [3.63, 3.8) is 0 Å². The zero-order chi connectivity index (χ0) is 29.1. The average molecular weight is 812 g/mol. The van der Waals surface area contributed by atoms with E-state index in [1.165, 1.54) is 0 Å². The summed E-state index contributed by atoms with van der Waals surface area (Å²) in [7, 11) is 1.88. The second-order valence-electron chi connectivity index (χ2n) is 11.4. The number of esters is 1. The minimum Gasteiger partial charge on any atom is -0.677 e. The first kappa shape index (κ1) is 31.9. The van der Waals surface area contributed by atoms with E-state index in [4.69, 9.17) is 10.5 Å². The van der Waals surface area contributed by atoms with Crippen LogP contribution in [0, 0.1) is 12.3 Å². The standard InChI is InChI=1S/C35H44N3O3.Fm/c1-27-13-7-8-16-31(27)35(28-14-5-3-6-15-28,29-17-19-30(37-2)20-18-29)41-33(40)26-34(21-9-10-22-34)25-32(39)38-24-12-4-11-23-36;/h3,5-8,13-20,36-37H,4,9-12,21-26H2,1-2H3,(H,38,39);/q-1;. The van der Waals surface area contributed by atoms with E-state index < -0.39 is 11.0 Å². The van der Waals surface area contributed by atoms with Gasteiger partial charge in [0, 0.05) is 42.4 Å². The van der Waals surface area contributed by atoms with Gasteiger partial charge in [0.25, 0.3) is 0 Å². The van der Waals surface area contributed by atoms with Crippen LogP contribution in [0.3, 0.4) is 0 Å². The molecule has 0 heterocycles. The van der Waals surface area contributed by atoms with Crippen LogP contribution in [0.5, 0.6) is 0 Å². The average Bonchev–Trinajstić information content (AvgIpc) is 3.44. The number of nitrogens with one attached hydrogen (secondary N) is 3. The summed E-state index contributed by atoms with van der Waals surface area (Å²) in [5, 5.41) is 6.23. The van der Waals surface area contributed by atoms with Gasteiger partial charge in [-0.1, -0.05) is 92.4 Å². The van der Waals surface area contributed by atoms with Gasteiger partial charge < -0.3 is 21.1 Å². The summed E-state index contributed by atoms with van der Waals surface area (Å²) in [5.74, 6) is -0.290. The van der Waals surface area contributed by atoms with Gasteiger partial charge in [0.1, 0.15) is 0 Å². The summed E-state index contributed by atoms with van der Waals surface area (Å²) in [6.07, 6.45) is 6.91. The first-order chi connectivity index (χ1) is 19.9. The Morgan fingerprint density at radius 1 is 0.857 bits per heavy atom. The number of hydrogen-bond donors (Lipinski definition) is 2. The third-order valence-electron chi connectivity index (χ3n) is 8.45. The first-order valence-electron chi connectivity index (χ1n) is 15.0. The van der Waals surface area contributed by atoms with Crippen LogP contribution >= 0.6 is 0 Å². The number of rotatable bonds is 14. The Kier molecular flexibility index (Phi) is 11.3. The minimum atomic E-state index is -1.14. The van der Waals surface area contributed by atoms with Crippen LogP contribution in [-0.2, 0) is 19.9 Å². The normalized spacial score (nSPS) is 15.2. The predicted molar refractivity (Wildman–Crippen MR) is 166 cm³/mol. The van der Waals surface area contributed by atoms with E-state index >= 15 is 0 Å². The molecule has 3 aromatic carbocycles. The molecule has 1 amide bonds. The van der Waals surface area contributed by atoms with Gasteiger partial charge in [-0.15, -0.1) is 0 Å². The summed E-state index contributed by atoms with van der Waals surface area (Å²) in [4.78, 5) is 27.1. The fourth-order valence-corrected chi connectivity index (χ4v) is 6.27. The molecule has 0 aliphatic heterocycles. The Bertz CT molecular complexity index is 1280. The number of aryl methyl sites for hydroxylation is 1. The number of unbranched alkanes of at least 4 members (excludes halogenated alkanes) is 2. The molecule has 1 fully saturated rings. The largest absolute Gasteiger partial charge is 0.677 e. The molecule has 1 aliphatic rings. The summed E-state index contributed by atoms with van der Waals surface area (Å²) in [5.41, 5.74) is 10.4. The predicted octanol–water partition coefficient (Wildman–Crippen LogP) is 7.55. The van der Waals surface area contributed by atoms with Gasteiger partial charge in [-0.2, -0.15) is 6.54 Å². The number of carbonyl (C=O) groups excluding carboxylic acids is 2. The molecular formula is C35H44FmN3O3-. The van der Waals surface area contributed by atoms with Gasteiger partial charge >= 0.3 is 5.97 Å². The maximum Gasteiger partial charge on any atom is 0.307 e. The van der Waals surface area contributed by atoms with Crippen molar-refractivity contribution in [3.05, 3.63) is 107 Å². The Morgan fingerprint density at radius 3 is 2.14 bits per heavy atom. The maximum atomic E-state index is 14.1. The van der Waals surface area contributed by atoms with Gasteiger partial charge in [-0.3, -0.25) is 9.59 Å². The monoisotopic (exact) mass is 811 g/mol. The molecular weight excluding hydrogens is 767 g/mol. The Balaban J connectivity index is 0.00000484. The third kappa shape index (κ3) is 7.35. The number of anilines is 1. The zero-order valence-corrected chi connectivity index (χ0v) is 27.2. The molecule has 0 spiro atoms. The molecule has 0 aromatic heterocycles. The van der Waals surface area contributed by atoms with Crippen LogP contribution < -0.4 is 10.6 Å². The molecule has 3 N–H and O–H groups in total. The Labute approximate surface area is 245 Å². The molecule has 7 heteroatoms. The van der Waals surface area contributed by atoms with Gasteiger partial charge in [-0.25, -0.2) is 0 Å². The van der Waals surface area contributed by atoms with Gasteiger partial charge in [0.15, 0.2) is 5.60 Å². The molecule has 0 bridgehead atoms. The van der Waals surface area contributed by atoms with Crippen molar-refractivity contribution >= 4 is 17.6 Å². The number of carbonyl (C=O) groups is 2. The summed E-state index contributed by atoms with van der Waals surface area (Å²) in [6.45, 7) is 3.09. The van der Waals surface area contributed by atoms with Crippen molar-refractivity contribution in [1.29, 1.82) is 0 Å². The third-order valence-corrected chi connectivity index (χ3v) is 8.45. The van der Waals surface area contributed by atoms with Crippen LogP contribution in [0.1, 0.15) is 80.0 Å². The van der Waals surface area contributed by atoms with E-state index in [1.54, 1.807) is 0 Å². The molecule has 1 atom stereocenters. The Morgan fingerprint density at radius 2 is 1.50 bits per heavy atom. The molecule has 6 nitrogen and oxygen atoms in total. The molecule has 0 radical (unpaired) electrons. The molecule has 230 valence electrons. The zero-order valence-electron chi connectivity index (χ0n) is 24.8. The molecule has 4 rings (SSSR count). The van der Waals surface area contributed by atoms with Crippen molar-refractivity contribution in [2.45, 2.75) is 70.3 Å². The maximum absolute atomic E-state index is 14.1. The van der Waals surface area contributed by atoms with Gasteiger partial charge in [0.2, 0.25) is 5.91 Å². The topological polar surface area (TPSA) is 91.2 Å². The molecule has 3 aromatic rings. The van der Waals surface area contributed by atoms with Crippen LogP contribution in [0.2, 0.25) is 0 Å². The van der Waals surface area contributed by atoms with Gasteiger partial charge in [-0.05, 0) is 49.3 Å². The summed E-state index contributed by atoms with van der Waals surface area (Å²) in [6, 6.07) is 26.1. The van der Waals surface area contributed by atoms with Crippen molar-refractivity contribution in [2.75, 3.05) is 25.5 Å². The number of benzene rings is 3. The Hall–Kier alpha value is -4.64. The van der Waals surface area contributed by atoms with Crippen molar-refractivity contribution in [2.24, 2.45) is 5.41 Å². The van der Waals surface area contributed by atoms with E-state index in [-0.39, 0.29) is 18.3 Å². The van der Waals surface area contributed by atoms with Crippen LogP contribution in [0.4, 0.5) is 5.69 Å². The number of hydrogen-bond acceptors (Lipinski definition) is 4. The molecule has 0 saturated heterocycles. The van der Waals surface area contributed by atoms with Crippen LogP contribution in [0.15, 0.2) is 78.9 Å².